The molecule has 1 aliphatic rings. The average Bonchev–Trinajstić information content (AvgIpc) is 2.74. The summed E-state index contributed by atoms with van der Waals surface area (Å²) in [4.78, 5) is 7.88. The molecule has 4 heteroatoms. The van der Waals surface area contributed by atoms with E-state index < -0.39 is 0 Å². The third-order valence-corrected chi connectivity index (χ3v) is 2.16. The Labute approximate surface area is 71.2 Å². The summed E-state index contributed by atoms with van der Waals surface area (Å²) in [5.74, 6) is 0.755. The lowest BCUT2D eigenvalue weighted by molar-refractivity contribution is 0.820. The predicted molar refractivity (Wildman–Crippen MR) is 47.7 cm³/mol. The maximum absolute atomic E-state index is 5.67. The Morgan fingerprint density at radius 1 is 1.58 bits per heavy atom. The summed E-state index contributed by atoms with van der Waals surface area (Å²) in [6.07, 6.45) is 5.50. The van der Waals surface area contributed by atoms with Crippen LogP contribution in [0.2, 0.25) is 0 Å². The molecular formula is C8H12N4. The number of rotatable bonds is 2. The van der Waals surface area contributed by atoms with E-state index in [2.05, 4.69) is 22.2 Å². The fraction of sp³-hybridized carbons (Fsp3) is 0.500. The highest BCUT2D eigenvalue weighted by molar-refractivity contribution is 5.60. The van der Waals surface area contributed by atoms with Crippen LogP contribution < -0.4 is 11.1 Å². The second-order valence-electron chi connectivity index (χ2n) is 3.51. The van der Waals surface area contributed by atoms with Gasteiger partial charge in [-0.25, -0.2) is 9.97 Å². The van der Waals surface area contributed by atoms with Crippen molar-refractivity contribution in [1.82, 2.24) is 9.97 Å². The molecule has 1 heterocycles. The molecule has 0 saturated heterocycles. The van der Waals surface area contributed by atoms with Crippen molar-refractivity contribution in [3.8, 4) is 0 Å². The summed E-state index contributed by atoms with van der Waals surface area (Å²) in [7, 11) is 0. The number of nitrogens with one attached hydrogen (secondary N) is 1. The van der Waals surface area contributed by atoms with Gasteiger partial charge in [-0.05, 0) is 19.8 Å². The summed E-state index contributed by atoms with van der Waals surface area (Å²) < 4.78 is 0. The van der Waals surface area contributed by atoms with Crippen LogP contribution in [-0.2, 0) is 0 Å². The van der Waals surface area contributed by atoms with Crippen molar-refractivity contribution in [3.05, 3.63) is 12.5 Å². The van der Waals surface area contributed by atoms with Gasteiger partial charge >= 0.3 is 0 Å². The minimum absolute atomic E-state index is 0.225. The van der Waals surface area contributed by atoms with Gasteiger partial charge in [0.25, 0.3) is 0 Å². The highest BCUT2D eigenvalue weighted by Crippen LogP contribution is 2.38. The first-order valence-corrected chi connectivity index (χ1v) is 4.03. The van der Waals surface area contributed by atoms with Gasteiger partial charge in [0.2, 0.25) is 0 Å². The quantitative estimate of drug-likeness (QED) is 0.685. The van der Waals surface area contributed by atoms with Crippen LogP contribution in [0.4, 0.5) is 11.5 Å². The summed E-state index contributed by atoms with van der Waals surface area (Å²) in [5, 5.41) is 3.28. The van der Waals surface area contributed by atoms with Gasteiger partial charge in [0.15, 0.2) is 5.82 Å². The number of nitrogens with zero attached hydrogens (tertiary/aromatic N) is 2. The van der Waals surface area contributed by atoms with Crippen molar-refractivity contribution in [3.63, 3.8) is 0 Å². The summed E-state index contributed by atoms with van der Waals surface area (Å²) in [6.45, 7) is 2.16. The molecule has 1 fully saturated rings. The maximum atomic E-state index is 5.67. The number of nitrogen functional groups attached to an aromatic ring is 1. The second-order valence-corrected chi connectivity index (χ2v) is 3.51. The van der Waals surface area contributed by atoms with E-state index in [0.29, 0.717) is 5.69 Å². The van der Waals surface area contributed by atoms with E-state index in [1.165, 1.54) is 19.2 Å². The van der Waals surface area contributed by atoms with Crippen molar-refractivity contribution in [1.29, 1.82) is 0 Å². The lowest BCUT2D eigenvalue weighted by Gasteiger charge is -2.12. The van der Waals surface area contributed by atoms with Gasteiger partial charge in [-0.1, -0.05) is 0 Å². The molecule has 1 aromatic rings. The molecule has 1 aromatic heterocycles. The van der Waals surface area contributed by atoms with E-state index >= 15 is 0 Å². The first-order chi connectivity index (χ1) is 5.70. The van der Waals surface area contributed by atoms with Crippen molar-refractivity contribution in [2.24, 2.45) is 0 Å². The van der Waals surface area contributed by atoms with Crippen molar-refractivity contribution in [2.45, 2.75) is 25.3 Å². The summed E-state index contributed by atoms with van der Waals surface area (Å²) in [6, 6.07) is 0. The fourth-order valence-corrected chi connectivity index (χ4v) is 1.04. The summed E-state index contributed by atoms with van der Waals surface area (Å²) in [5.41, 5.74) is 6.51. The fourth-order valence-electron chi connectivity index (χ4n) is 1.04. The van der Waals surface area contributed by atoms with E-state index in [1.807, 2.05) is 0 Å². The molecule has 0 atom stereocenters. The third-order valence-electron chi connectivity index (χ3n) is 2.16. The van der Waals surface area contributed by atoms with Crippen LogP contribution >= 0.6 is 0 Å². The van der Waals surface area contributed by atoms with E-state index in [9.17, 15) is 0 Å². The Balaban J connectivity index is 2.17. The Morgan fingerprint density at radius 2 is 2.33 bits per heavy atom. The second kappa shape index (κ2) is 2.33. The minimum Gasteiger partial charge on any atom is -0.394 e. The number of hydrogen-bond donors (Lipinski definition) is 2. The first kappa shape index (κ1) is 7.34. The topological polar surface area (TPSA) is 63.8 Å². The SMILES string of the molecule is CC1(Nc2ncncc2N)CC1. The molecule has 0 bridgehead atoms. The van der Waals surface area contributed by atoms with Crippen LogP contribution in [0.3, 0.4) is 0 Å². The molecule has 0 amide bonds. The van der Waals surface area contributed by atoms with Gasteiger partial charge in [0.05, 0.1) is 11.9 Å². The molecule has 0 unspecified atom stereocenters. The van der Waals surface area contributed by atoms with Crippen LogP contribution in [0.25, 0.3) is 0 Å². The van der Waals surface area contributed by atoms with E-state index in [-0.39, 0.29) is 5.54 Å². The van der Waals surface area contributed by atoms with Gasteiger partial charge in [-0.15, -0.1) is 0 Å². The van der Waals surface area contributed by atoms with Crippen LogP contribution in [-0.4, -0.2) is 15.5 Å². The third kappa shape index (κ3) is 1.32. The zero-order valence-electron chi connectivity index (χ0n) is 7.04. The smallest absolute Gasteiger partial charge is 0.153 e. The van der Waals surface area contributed by atoms with E-state index in [4.69, 9.17) is 5.73 Å². The molecule has 0 aliphatic heterocycles. The molecule has 1 saturated carbocycles. The van der Waals surface area contributed by atoms with Gasteiger partial charge in [-0.2, -0.15) is 0 Å². The highest BCUT2D eigenvalue weighted by atomic mass is 15.1. The Kier molecular flexibility index (Phi) is 1.43. The Hall–Kier alpha value is -1.32. The van der Waals surface area contributed by atoms with Crippen LogP contribution in [0.15, 0.2) is 12.5 Å². The zero-order chi connectivity index (χ0) is 8.60. The molecule has 12 heavy (non-hydrogen) atoms. The molecule has 64 valence electrons. The molecule has 2 rings (SSSR count). The average molecular weight is 164 g/mol. The van der Waals surface area contributed by atoms with Crippen LogP contribution in [0.5, 0.6) is 0 Å². The normalized spacial score (nSPS) is 18.8. The van der Waals surface area contributed by atoms with Crippen molar-refractivity contribution >= 4 is 11.5 Å². The summed E-state index contributed by atoms with van der Waals surface area (Å²) >= 11 is 0. The molecule has 3 N–H and O–H groups in total. The molecule has 1 aliphatic carbocycles. The molecular weight excluding hydrogens is 152 g/mol. The molecule has 4 nitrogen and oxygen atoms in total. The highest BCUT2D eigenvalue weighted by Gasteiger charge is 2.37. The number of hydrogen-bond acceptors (Lipinski definition) is 4. The van der Waals surface area contributed by atoms with Crippen LogP contribution in [0, 0.1) is 0 Å². The largest absolute Gasteiger partial charge is 0.394 e. The van der Waals surface area contributed by atoms with Gasteiger partial charge in [0.1, 0.15) is 6.33 Å². The van der Waals surface area contributed by atoms with Gasteiger partial charge in [0, 0.05) is 5.54 Å². The van der Waals surface area contributed by atoms with E-state index in [1.54, 1.807) is 6.20 Å². The number of nitrogens with two attached hydrogens (primary N) is 1. The lowest BCUT2D eigenvalue weighted by atomic mass is 10.3. The van der Waals surface area contributed by atoms with Crippen molar-refractivity contribution in [2.75, 3.05) is 11.1 Å². The Morgan fingerprint density at radius 3 is 2.92 bits per heavy atom. The first-order valence-electron chi connectivity index (χ1n) is 4.03. The van der Waals surface area contributed by atoms with Crippen LogP contribution in [0.1, 0.15) is 19.8 Å². The standard InChI is InChI=1S/C8H12N4/c1-8(2-3-8)12-7-6(9)4-10-5-11-7/h4-5H,2-3,9H2,1H3,(H,10,11,12). The molecule has 0 aromatic carbocycles. The van der Waals surface area contributed by atoms with Gasteiger partial charge < -0.3 is 11.1 Å². The lowest BCUT2D eigenvalue weighted by Crippen LogP contribution is -2.18. The predicted octanol–water partition coefficient (Wildman–Crippen LogP) is 1.02. The number of anilines is 2. The Bertz CT molecular complexity index is 293. The maximum Gasteiger partial charge on any atom is 0.153 e. The van der Waals surface area contributed by atoms with Gasteiger partial charge in [-0.3, -0.25) is 0 Å². The molecule has 0 radical (unpaired) electrons. The molecule has 0 spiro atoms. The number of aromatic nitrogens is 2. The minimum atomic E-state index is 0.225. The zero-order valence-corrected chi connectivity index (χ0v) is 7.04. The van der Waals surface area contributed by atoms with Crippen molar-refractivity contribution < 1.29 is 0 Å². The monoisotopic (exact) mass is 164 g/mol. The van der Waals surface area contributed by atoms with E-state index in [0.717, 1.165) is 5.82 Å².